The Morgan fingerprint density at radius 2 is 1.70 bits per heavy atom. The summed E-state index contributed by atoms with van der Waals surface area (Å²) in [6.07, 6.45) is 4.02. The fourth-order valence-electron chi connectivity index (χ4n) is 3.28. The molecule has 0 bridgehead atoms. The van der Waals surface area contributed by atoms with Crippen molar-refractivity contribution >= 4 is 0 Å². The highest BCUT2D eigenvalue weighted by Gasteiger charge is 2.17. The van der Waals surface area contributed by atoms with E-state index in [9.17, 15) is 4.79 Å². The Kier molecular flexibility index (Phi) is 3.20. The maximum Gasteiger partial charge on any atom is 0.254 e. The Morgan fingerprint density at radius 1 is 1.05 bits per heavy atom. The van der Waals surface area contributed by atoms with E-state index in [1.165, 1.54) is 16.7 Å². The minimum Gasteiger partial charge on any atom is -0.306 e. The van der Waals surface area contributed by atoms with Gasteiger partial charge in [0.05, 0.1) is 5.69 Å². The Bertz CT molecular complexity index is 705. The van der Waals surface area contributed by atoms with E-state index in [0.29, 0.717) is 0 Å². The normalized spacial score (nSPS) is 14.2. The second-order valence-electron chi connectivity index (χ2n) is 5.82. The van der Waals surface area contributed by atoms with Crippen molar-refractivity contribution in [3.63, 3.8) is 0 Å². The molecule has 0 saturated heterocycles. The zero-order chi connectivity index (χ0) is 14.3. The lowest BCUT2D eigenvalue weighted by atomic mass is 9.95. The van der Waals surface area contributed by atoms with Crippen LogP contribution in [-0.4, -0.2) is 9.97 Å². The molecule has 0 aliphatic heterocycles. The zero-order valence-corrected chi connectivity index (χ0v) is 12.3. The van der Waals surface area contributed by atoms with Gasteiger partial charge in [-0.15, -0.1) is 0 Å². The monoisotopic (exact) mass is 268 g/mol. The van der Waals surface area contributed by atoms with Crippen molar-refractivity contribution in [1.29, 1.82) is 0 Å². The lowest BCUT2D eigenvalue weighted by molar-refractivity contribution is 0.657. The number of benzene rings is 1. The molecule has 1 N–H and O–H groups in total. The van der Waals surface area contributed by atoms with Crippen LogP contribution in [0.1, 0.15) is 40.8 Å². The number of H-pyrrole nitrogens is 1. The van der Waals surface area contributed by atoms with Crippen LogP contribution in [0.5, 0.6) is 0 Å². The largest absolute Gasteiger partial charge is 0.306 e. The molecule has 0 fully saturated rings. The molecule has 104 valence electrons. The van der Waals surface area contributed by atoms with Crippen LogP contribution >= 0.6 is 0 Å². The molecule has 3 nitrogen and oxygen atoms in total. The van der Waals surface area contributed by atoms with Crippen LogP contribution in [-0.2, 0) is 12.8 Å². The van der Waals surface area contributed by atoms with E-state index < -0.39 is 0 Å². The van der Waals surface area contributed by atoms with Crippen molar-refractivity contribution in [3.05, 3.63) is 50.4 Å². The molecule has 1 aliphatic rings. The third kappa shape index (κ3) is 2.17. The molecule has 2 aromatic rings. The van der Waals surface area contributed by atoms with E-state index in [4.69, 9.17) is 4.98 Å². The van der Waals surface area contributed by atoms with Crippen molar-refractivity contribution < 1.29 is 0 Å². The third-order valence-electron chi connectivity index (χ3n) is 4.11. The van der Waals surface area contributed by atoms with Crippen molar-refractivity contribution in [1.82, 2.24) is 9.97 Å². The maximum absolute atomic E-state index is 12.3. The lowest BCUT2D eigenvalue weighted by Gasteiger charge is -2.16. The Morgan fingerprint density at radius 3 is 2.40 bits per heavy atom. The summed E-state index contributed by atoms with van der Waals surface area (Å²) in [6, 6.07) is 4.28. The number of rotatable bonds is 1. The smallest absolute Gasteiger partial charge is 0.254 e. The van der Waals surface area contributed by atoms with Gasteiger partial charge in [0.1, 0.15) is 5.82 Å². The molecule has 0 atom stereocenters. The summed E-state index contributed by atoms with van der Waals surface area (Å²) in [5.74, 6) is 0.727. The number of aryl methyl sites for hydroxylation is 4. The molecule has 1 heterocycles. The van der Waals surface area contributed by atoms with Crippen molar-refractivity contribution in [2.75, 3.05) is 0 Å². The molecule has 0 spiro atoms. The fraction of sp³-hybridized carbons (Fsp3) is 0.412. The van der Waals surface area contributed by atoms with Gasteiger partial charge >= 0.3 is 0 Å². The first-order valence-corrected chi connectivity index (χ1v) is 7.26. The lowest BCUT2D eigenvalue weighted by Crippen LogP contribution is -2.22. The summed E-state index contributed by atoms with van der Waals surface area (Å²) in [7, 11) is 0. The van der Waals surface area contributed by atoms with Crippen LogP contribution in [0.4, 0.5) is 0 Å². The summed E-state index contributed by atoms with van der Waals surface area (Å²) in [4.78, 5) is 20.0. The number of nitrogens with zero attached hydrogens (tertiary/aromatic N) is 1. The number of aromatic amines is 1. The van der Waals surface area contributed by atoms with E-state index in [1.54, 1.807) is 0 Å². The Balaban J connectivity index is 2.21. The van der Waals surface area contributed by atoms with Gasteiger partial charge in [0.25, 0.3) is 5.56 Å². The van der Waals surface area contributed by atoms with Gasteiger partial charge in [0.2, 0.25) is 0 Å². The Labute approximate surface area is 119 Å². The number of aromatic nitrogens is 2. The summed E-state index contributed by atoms with van der Waals surface area (Å²) >= 11 is 0. The fourth-order valence-corrected chi connectivity index (χ4v) is 3.28. The average molecular weight is 268 g/mol. The van der Waals surface area contributed by atoms with Gasteiger partial charge in [-0.2, -0.15) is 0 Å². The molecular weight excluding hydrogens is 248 g/mol. The van der Waals surface area contributed by atoms with Crippen molar-refractivity contribution in [2.24, 2.45) is 0 Å². The van der Waals surface area contributed by atoms with Gasteiger partial charge in [-0.05, 0) is 57.6 Å². The highest BCUT2D eigenvalue weighted by Crippen LogP contribution is 2.26. The SMILES string of the molecule is Cc1cc(C)c(-c2nc3c(c(=O)[nH]2)CCCC3)c(C)c1. The van der Waals surface area contributed by atoms with E-state index in [2.05, 4.69) is 37.9 Å². The van der Waals surface area contributed by atoms with Crippen molar-refractivity contribution in [3.8, 4) is 11.4 Å². The predicted octanol–water partition coefficient (Wildman–Crippen LogP) is 3.24. The molecule has 0 amide bonds. The van der Waals surface area contributed by atoms with E-state index in [-0.39, 0.29) is 5.56 Å². The molecule has 1 aliphatic carbocycles. The van der Waals surface area contributed by atoms with Crippen molar-refractivity contribution in [2.45, 2.75) is 46.5 Å². The van der Waals surface area contributed by atoms with Crippen LogP contribution in [0.25, 0.3) is 11.4 Å². The average Bonchev–Trinajstić information content (AvgIpc) is 2.37. The van der Waals surface area contributed by atoms with Gasteiger partial charge < -0.3 is 4.98 Å². The number of hydrogen-bond acceptors (Lipinski definition) is 2. The molecule has 3 rings (SSSR count). The van der Waals surface area contributed by atoms with Crippen LogP contribution in [0, 0.1) is 20.8 Å². The molecular formula is C17H20N2O. The second kappa shape index (κ2) is 4.89. The molecule has 20 heavy (non-hydrogen) atoms. The van der Waals surface area contributed by atoms with Gasteiger partial charge in [-0.25, -0.2) is 4.98 Å². The van der Waals surface area contributed by atoms with Gasteiger partial charge in [-0.3, -0.25) is 4.79 Å². The van der Waals surface area contributed by atoms with Gasteiger partial charge in [0.15, 0.2) is 0 Å². The van der Waals surface area contributed by atoms with Crippen LogP contribution in [0.15, 0.2) is 16.9 Å². The summed E-state index contributed by atoms with van der Waals surface area (Å²) in [6.45, 7) is 6.25. The highest BCUT2D eigenvalue weighted by atomic mass is 16.1. The molecule has 0 radical (unpaired) electrons. The van der Waals surface area contributed by atoms with E-state index in [1.807, 2.05) is 0 Å². The third-order valence-corrected chi connectivity index (χ3v) is 4.11. The second-order valence-corrected chi connectivity index (χ2v) is 5.82. The maximum atomic E-state index is 12.3. The number of fused-ring (bicyclic) bond motifs is 1. The number of nitrogens with one attached hydrogen (secondary N) is 1. The standard InChI is InChI=1S/C17H20N2O/c1-10-8-11(2)15(12(3)9-10)16-18-14-7-5-4-6-13(14)17(20)19-16/h8-9H,4-7H2,1-3H3,(H,18,19,20). The van der Waals surface area contributed by atoms with Crippen LogP contribution in [0.3, 0.4) is 0 Å². The first-order chi connectivity index (χ1) is 9.56. The summed E-state index contributed by atoms with van der Waals surface area (Å²) < 4.78 is 0. The van der Waals surface area contributed by atoms with Gasteiger partial charge in [-0.1, -0.05) is 17.7 Å². The minimum absolute atomic E-state index is 0.0454. The number of hydrogen-bond donors (Lipinski definition) is 1. The topological polar surface area (TPSA) is 45.8 Å². The van der Waals surface area contributed by atoms with Crippen LogP contribution < -0.4 is 5.56 Å². The molecule has 1 aromatic carbocycles. The first kappa shape index (κ1) is 13.1. The highest BCUT2D eigenvalue weighted by molar-refractivity contribution is 5.65. The van der Waals surface area contributed by atoms with Crippen LogP contribution in [0.2, 0.25) is 0 Å². The first-order valence-electron chi connectivity index (χ1n) is 7.26. The summed E-state index contributed by atoms with van der Waals surface area (Å²) in [5, 5.41) is 0. The van der Waals surface area contributed by atoms with E-state index in [0.717, 1.165) is 48.3 Å². The van der Waals surface area contributed by atoms with Gasteiger partial charge in [0, 0.05) is 11.1 Å². The predicted molar refractivity (Wildman–Crippen MR) is 81.1 cm³/mol. The molecule has 0 unspecified atom stereocenters. The summed E-state index contributed by atoms with van der Waals surface area (Å²) in [5.41, 5.74) is 6.58. The quantitative estimate of drug-likeness (QED) is 0.863. The molecule has 1 aromatic heterocycles. The molecule has 3 heteroatoms. The Hall–Kier alpha value is -1.90. The van der Waals surface area contributed by atoms with E-state index >= 15 is 0 Å². The minimum atomic E-state index is 0.0454. The zero-order valence-electron chi connectivity index (χ0n) is 12.3. The molecule has 0 saturated carbocycles.